The Hall–Kier alpha value is -3.17. The van der Waals surface area contributed by atoms with Crippen LogP contribution in [-0.2, 0) is 26.7 Å². The molecule has 0 aliphatic carbocycles. The van der Waals surface area contributed by atoms with Crippen molar-refractivity contribution >= 4 is 39.2 Å². The average Bonchev–Trinajstić information content (AvgIpc) is 3.08. The lowest BCUT2D eigenvalue weighted by molar-refractivity contribution is -0.444. The third-order valence-corrected chi connectivity index (χ3v) is 9.35. The summed E-state index contributed by atoms with van der Waals surface area (Å²) >= 11 is 0. The number of nitrogens with zero attached hydrogens (tertiary/aromatic N) is 2. The minimum atomic E-state index is -4.00. The van der Waals surface area contributed by atoms with E-state index in [0.717, 1.165) is 42.0 Å². The first-order valence-electron chi connectivity index (χ1n) is 13.1. The molecule has 0 spiro atoms. The molecule has 0 bridgehead atoms. The molecule has 202 valence electrons. The third kappa shape index (κ3) is 4.73. The van der Waals surface area contributed by atoms with Crippen LogP contribution in [-0.4, -0.2) is 65.8 Å². The van der Waals surface area contributed by atoms with Gasteiger partial charge in [0.15, 0.2) is 12.3 Å². The van der Waals surface area contributed by atoms with Gasteiger partial charge in [0.2, 0.25) is 5.69 Å². The number of likely N-dealkylation sites (N-methyl/N-ethyl adjacent to an activating group) is 1. The average molecular weight is 540 g/mol. The zero-order valence-corrected chi connectivity index (χ0v) is 23.1. The molecule has 38 heavy (non-hydrogen) atoms. The van der Waals surface area contributed by atoms with Crippen LogP contribution in [0.5, 0.6) is 5.75 Å². The molecule has 3 heterocycles. The van der Waals surface area contributed by atoms with Gasteiger partial charge < -0.3 is 14.7 Å². The molecule has 2 aromatic carbocycles. The molecule has 3 aliphatic heterocycles. The largest absolute Gasteiger partial charge is 0.485 e. The van der Waals surface area contributed by atoms with Gasteiger partial charge in [-0.05, 0) is 69.9 Å². The van der Waals surface area contributed by atoms with E-state index in [4.69, 9.17) is 9.84 Å². The first-order valence-corrected chi connectivity index (χ1v) is 14.6. The maximum Gasteiger partial charge on any atom is 0.323 e. The Morgan fingerprint density at radius 2 is 2.00 bits per heavy atom. The van der Waals surface area contributed by atoms with Crippen molar-refractivity contribution in [1.29, 1.82) is 0 Å². The summed E-state index contributed by atoms with van der Waals surface area (Å²) in [5.41, 5.74) is 7.60. The number of aliphatic carboxylic acids is 1. The summed E-state index contributed by atoms with van der Waals surface area (Å²) in [7, 11) is -2.24. The van der Waals surface area contributed by atoms with Crippen LogP contribution in [0.2, 0.25) is 0 Å². The summed E-state index contributed by atoms with van der Waals surface area (Å²) in [6, 6.07) is 12.4. The van der Waals surface area contributed by atoms with E-state index >= 15 is 0 Å². The number of benzene rings is 2. The number of anilines is 1. The summed E-state index contributed by atoms with van der Waals surface area (Å²) in [6.07, 6.45) is 4.85. The van der Waals surface area contributed by atoms with Gasteiger partial charge in [0.05, 0.1) is 16.2 Å². The molecule has 9 heteroatoms. The highest BCUT2D eigenvalue weighted by Gasteiger charge is 2.52. The number of carboxylic acid groups (broad SMARTS) is 1. The highest BCUT2D eigenvalue weighted by Crippen LogP contribution is 2.47. The van der Waals surface area contributed by atoms with Gasteiger partial charge >= 0.3 is 5.97 Å². The predicted octanol–water partition coefficient (Wildman–Crippen LogP) is 4.43. The Bertz CT molecular complexity index is 1470. The smallest absolute Gasteiger partial charge is 0.323 e. The molecule has 0 aromatic heterocycles. The van der Waals surface area contributed by atoms with Crippen LogP contribution in [0.1, 0.15) is 56.7 Å². The van der Waals surface area contributed by atoms with Crippen LogP contribution in [0.25, 0.3) is 6.08 Å². The monoisotopic (exact) mass is 539 g/mol. The van der Waals surface area contributed by atoms with Gasteiger partial charge in [0.25, 0.3) is 10.1 Å². The van der Waals surface area contributed by atoms with Crippen molar-refractivity contribution in [3.05, 3.63) is 58.7 Å². The summed E-state index contributed by atoms with van der Waals surface area (Å²) < 4.78 is 40.8. The predicted molar refractivity (Wildman–Crippen MR) is 148 cm³/mol. The number of carboxylic acids is 1. The van der Waals surface area contributed by atoms with Gasteiger partial charge in [-0.15, -0.1) is 0 Å². The van der Waals surface area contributed by atoms with Crippen LogP contribution in [0, 0.1) is 0 Å². The molecule has 2 atom stereocenters. The van der Waals surface area contributed by atoms with Gasteiger partial charge in [-0.1, -0.05) is 6.07 Å². The fourth-order valence-corrected chi connectivity index (χ4v) is 6.45. The van der Waals surface area contributed by atoms with Gasteiger partial charge in [-0.2, -0.15) is 13.0 Å². The molecule has 2 N–H and O–H groups in total. The topological polar surface area (TPSA) is 107 Å². The number of rotatable bonds is 8. The number of hydrogen-bond donors (Lipinski definition) is 2. The zero-order chi connectivity index (χ0) is 27.4. The molecular weight excluding hydrogens is 504 g/mol. The van der Waals surface area contributed by atoms with Gasteiger partial charge in [0, 0.05) is 42.4 Å². The van der Waals surface area contributed by atoms with Crippen molar-refractivity contribution < 1.29 is 32.2 Å². The van der Waals surface area contributed by atoms with Crippen molar-refractivity contribution in [3.8, 4) is 5.75 Å². The third-order valence-electron chi connectivity index (χ3n) is 8.10. The number of fused-ring (bicyclic) bond motifs is 5. The molecular formula is C29H35N2O6S+. The fourth-order valence-electron chi connectivity index (χ4n) is 5.99. The highest BCUT2D eigenvalue weighted by molar-refractivity contribution is 7.86. The fraction of sp³-hybridized carbons (Fsp3) is 0.448. The zero-order valence-electron chi connectivity index (χ0n) is 22.3. The number of aryl methyl sites for hydroxylation is 1. The van der Waals surface area contributed by atoms with Crippen LogP contribution < -0.4 is 9.64 Å². The minimum absolute atomic E-state index is 0.0660. The molecule has 8 nitrogen and oxygen atoms in total. The maximum absolute atomic E-state index is 11.3. The molecule has 0 saturated carbocycles. The summed E-state index contributed by atoms with van der Waals surface area (Å²) in [5.74, 6) is -0.104. The van der Waals surface area contributed by atoms with E-state index < -0.39 is 21.3 Å². The Morgan fingerprint density at radius 3 is 2.71 bits per heavy atom. The summed E-state index contributed by atoms with van der Waals surface area (Å²) in [6.45, 7) is 6.79. The van der Waals surface area contributed by atoms with E-state index in [1.807, 2.05) is 18.2 Å². The molecule has 2 aromatic rings. The molecule has 0 saturated heterocycles. The lowest BCUT2D eigenvalue weighted by Crippen LogP contribution is -2.42. The maximum atomic E-state index is 11.3. The van der Waals surface area contributed by atoms with Crippen LogP contribution in [0.15, 0.2) is 42.0 Å². The van der Waals surface area contributed by atoms with Crippen molar-refractivity contribution in [1.82, 2.24) is 0 Å². The van der Waals surface area contributed by atoms with E-state index in [0.29, 0.717) is 12.8 Å². The lowest BCUT2D eigenvalue weighted by atomic mass is 9.75. The molecule has 2 unspecified atom stereocenters. The SMILES string of the molecule is CC(CCCc1ccc2c(c1)C(C)(C)C1=[N+]2CCC2Oc3cc(N(C)CC(=O)O)ccc3C=C12)S(=O)(=O)O. The Balaban J connectivity index is 1.41. The van der Waals surface area contributed by atoms with Crippen LogP contribution in [0.3, 0.4) is 0 Å². The second-order valence-electron chi connectivity index (χ2n) is 11.2. The first-order chi connectivity index (χ1) is 17.9. The van der Waals surface area contributed by atoms with Gasteiger partial charge in [-0.3, -0.25) is 9.35 Å². The Morgan fingerprint density at radius 1 is 1.24 bits per heavy atom. The van der Waals surface area contributed by atoms with Crippen molar-refractivity contribution in [2.45, 2.75) is 63.2 Å². The van der Waals surface area contributed by atoms with Crippen molar-refractivity contribution in [2.24, 2.45) is 0 Å². The molecule has 5 rings (SSSR count). The summed E-state index contributed by atoms with van der Waals surface area (Å²) in [5, 5.41) is 8.38. The van der Waals surface area contributed by atoms with E-state index in [-0.39, 0.29) is 18.1 Å². The highest BCUT2D eigenvalue weighted by atomic mass is 32.2. The van der Waals surface area contributed by atoms with Crippen LogP contribution in [0.4, 0.5) is 11.4 Å². The number of hydrogen-bond acceptors (Lipinski definition) is 5. The van der Waals surface area contributed by atoms with Gasteiger partial charge in [-0.25, -0.2) is 0 Å². The minimum Gasteiger partial charge on any atom is -0.485 e. The quantitative estimate of drug-likeness (QED) is 0.377. The van der Waals surface area contributed by atoms with Gasteiger partial charge in [0.1, 0.15) is 18.4 Å². The number of carbonyl (C=O) groups is 1. The van der Waals surface area contributed by atoms with Crippen molar-refractivity contribution in [3.63, 3.8) is 0 Å². The lowest BCUT2D eigenvalue weighted by Gasteiger charge is -2.32. The van der Waals surface area contributed by atoms with E-state index in [1.54, 1.807) is 18.9 Å². The Kier molecular flexibility index (Phi) is 6.64. The summed E-state index contributed by atoms with van der Waals surface area (Å²) in [4.78, 5) is 12.8. The molecule has 0 fully saturated rings. The number of ether oxygens (including phenoxy) is 1. The standard InChI is InChI=1S/C29H34N2O6S/c1-18(38(34,35)36)6-5-7-19-8-11-24-23(14-19)29(2,3)28-22-15-20-9-10-21(30(4)17-27(32)33)16-26(20)37-25(22)12-13-31(24)28/h8-11,14-16,18,25H,5-7,12-13,17H2,1-4H3,(H-,32,33,34,35,36)/p+1. The molecule has 0 radical (unpaired) electrons. The van der Waals surface area contributed by atoms with E-state index in [2.05, 4.69) is 42.7 Å². The van der Waals surface area contributed by atoms with E-state index in [9.17, 15) is 17.8 Å². The molecule has 0 amide bonds. The van der Waals surface area contributed by atoms with Crippen molar-refractivity contribution in [2.75, 3.05) is 25.0 Å². The Labute approximate surface area is 224 Å². The normalized spacial score (nSPS) is 19.9. The first kappa shape index (κ1) is 26.4. The van der Waals surface area contributed by atoms with Crippen LogP contribution >= 0.6 is 0 Å². The second-order valence-corrected chi connectivity index (χ2v) is 13.0. The second kappa shape index (κ2) is 9.54. The van der Waals surface area contributed by atoms with E-state index in [1.165, 1.54) is 22.5 Å². The molecule has 3 aliphatic rings.